The Kier molecular flexibility index (Phi) is 5.20. The second-order valence-electron chi connectivity index (χ2n) is 4.44. The fraction of sp³-hybridized carbons (Fsp3) is 0.333. The average molecular weight is 290 g/mol. The summed E-state index contributed by atoms with van der Waals surface area (Å²) in [6.07, 6.45) is 2.07. The molecule has 1 heterocycles. The van der Waals surface area contributed by atoms with Gasteiger partial charge in [-0.05, 0) is 18.1 Å². The van der Waals surface area contributed by atoms with Crippen molar-refractivity contribution in [1.29, 1.82) is 0 Å². The average Bonchev–Trinajstić information content (AvgIpc) is 2.54. The Morgan fingerprint density at radius 3 is 2.76 bits per heavy atom. The van der Waals surface area contributed by atoms with E-state index in [0.29, 0.717) is 13.2 Å². The van der Waals surface area contributed by atoms with E-state index in [2.05, 4.69) is 10.6 Å². The van der Waals surface area contributed by atoms with Crippen molar-refractivity contribution in [2.45, 2.75) is 13.3 Å². The second kappa shape index (κ2) is 7.33. The molecule has 2 rings (SSSR count). The number of amides is 2. The fourth-order valence-electron chi connectivity index (χ4n) is 1.88. The normalized spacial score (nSPS) is 13.5. The van der Waals surface area contributed by atoms with E-state index in [4.69, 9.17) is 9.47 Å². The summed E-state index contributed by atoms with van der Waals surface area (Å²) < 4.78 is 10.1. The van der Waals surface area contributed by atoms with Crippen LogP contribution in [0.5, 0.6) is 0 Å². The Balaban J connectivity index is 1.84. The van der Waals surface area contributed by atoms with E-state index < -0.39 is 5.91 Å². The molecule has 1 aromatic carbocycles. The largest absolute Gasteiger partial charge is 0.494 e. The Morgan fingerprint density at radius 2 is 2.05 bits per heavy atom. The number of rotatable bonds is 5. The van der Waals surface area contributed by atoms with E-state index in [1.165, 1.54) is 6.26 Å². The predicted molar refractivity (Wildman–Crippen MR) is 77.4 cm³/mol. The molecule has 0 aromatic heterocycles. The monoisotopic (exact) mass is 290 g/mol. The summed E-state index contributed by atoms with van der Waals surface area (Å²) in [5.74, 6) is -0.668. The standard InChI is InChI=1S/C15H18N2O4/c1-2-11-5-3-4-6-12(11)17-14(18)9-16-15(19)13-10-20-7-8-21-13/h3-6,10H,2,7-9H2,1H3,(H,16,19)(H,17,18). The maximum Gasteiger partial charge on any atom is 0.290 e. The molecule has 2 amide bonds. The van der Waals surface area contributed by atoms with Gasteiger partial charge in [0.1, 0.15) is 19.5 Å². The number of ether oxygens (including phenoxy) is 2. The molecule has 0 saturated carbocycles. The minimum Gasteiger partial charge on any atom is -0.494 e. The van der Waals surface area contributed by atoms with Gasteiger partial charge in [-0.15, -0.1) is 0 Å². The number of hydrogen-bond donors (Lipinski definition) is 2. The van der Waals surface area contributed by atoms with E-state index in [1.807, 2.05) is 31.2 Å². The molecular formula is C15H18N2O4. The molecule has 1 aliphatic rings. The molecule has 0 spiro atoms. The first-order valence-electron chi connectivity index (χ1n) is 6.81. The summed E-state index contributed by atoms with van der Waals surface area (Å²) in [6.45, 7) is 2.64. The summed E-state index contributed by atoms with van der Waals surface area (Å²) in [5.41, 5.74) is 1.81. The van der Waals surface area contributed by atoms with Crippen LogP contribution < -0.4 is 10.6 Å². The van der Waals surface area contributed by atoms with E-state index in [0.717, 1.165) is 17.7 Å². The third-order valence-corrected chi connectivity index (χ3v) is 2.95. The van der Waals surface area contributed by atoms with Gasteiger partial charge in [0.25, 0.3) is 5.91 Å². The Labute approximate surface area is 123 Å². The summed E-state index contributed by atoms with van der Waals surface area (Å²) in [6, 6.07) is 7.56. The number of carbonyl (C=O) groups excluding carboxylic acids is 2. The van der Waals surface area contributed by atoms with Crippen LogP contribution in [0.3, 0.4) is 0 Å². The van der Waals surface area contributed by atoms with Crippen molar-refractivity contribution >= 4 is 17.5 Å². The van der Waals surface area contributed by atoms with Gasteiger partial charge in [0, 0.05) is 5.69 Å². The topological polar surface area (TPSA) is 76.7 Å². The van der Waals surface area contributed by atoms with Gasteiger partial charge in [-0.3, -0.25) is 9.59 Å². The quantitative estimate of drug-likeness (QED) is 0.854. The minimum absolute atomic E-state index is 0.0861. The zero-order chi connectivity index (χ0) is 15.1. The first-order chi connectivity index (χ1) is 10.2. The zero-order valence-corrected chi connectivity index (χ0v) is 11.8. The molecule has 0 aliphatic carbocycles. The highest BCUT2D eigenvalue weighted by molar-refractivity contribution is 5.98. The van der Waals surface area contributed by atoms with Crippen LogP contribution in [0.2, 0.25) is 0 Å². The van der Waals surface area contributed by atoms with Gasteiger partial charge in [0.2, 0.25) is 11.7 Å². The van der Waals surface area contributed by atoms with Crippen LogP contribution in [0, 0.1) is 0 Å². The van der Waals surface area contributed by atoms with Gasteiger partial charge in [0.05, 0.1) is 6.54 Å². The van der Waals surface area contributed by atoms with Crippen molar-refractivity contribution < 1.29 is 19.1 Å². The third-order valence-electron chi connectivity index (χ3n) is 2.95. The van der Waals surface area contributed by atoms with Crippen molar-refractivity contribution in [3.63, 3.8) is 0 Å². The molecule has 1 aromatic rings. The van der Waals surface area contributed by atoms with Crippen LogP contribution in [-0.4, -0.2) is 31.6 Å². The first-order valence-corrected chi connectivity index (χ1v) is 6.81. The maximum atomic E-state index is 11.9. The van der Waals surface area contributed by atoms with Gasteiger partial charge in [-0.1, -0.05) is 25.1 Å². The van der Waals surface area contributed by atoms with Crippen LogP contribution in [0.1, 0.15) is 12.5 Å². The molecule has 112 valence electrons. The molecule has 0 bridgehead atoms. The van der Waals surface area contributed by atoms with E-state index in [-0.39, 0.29) is 18.2 Å². The summed E-state index contributed by atoms with van der Waals surface area (Å²) in [7, 11) is 0. The van der Waals surface area contributed by atoms with Gasteiger partial charge in [0.15, 0.2) is 0 Å². The number of nitrogens with one attached hydrogen (secondary N) is 2. The van der Waals surface area contributed by atoms with Crippen LogP contribution in [-0.2, 0) is 25.5 Å². The number of para-hydroxylation sites is 1. The summed E-state index contributed by atoms with van der Waals surface area (Å²) >= 11 is 0. The Morgan fingerprint density at radius 1 is 1.24 bits per heavy atom. The van der Waals surface area contributed by atoms with E-state index >= 15 is 0 Å². The number of hydrogen-bond acceptors (Lipinski definition) is 4. The fourth-order valence-corrected chi connectivity index (χ4v) is 1.88. The van der Waals surface area contributed by atoms with Crippen molar-refractivity contribution in [3.05, 3.63) is 41.9 Å². The molecule has 6 nitrogen and oxygen atoms in total. The maximum absolute atomic E-state index is 11.9. The Hall–Kier alpha value is -2.50. The van der Waals surface area contributed by atoms with Crippen molar-refractivity contribution in [1.82, 2.24) is 5.32 Å². The van der Waals surface area contributed by atoms with Crippen molar-refractivity contribution in [2.24, 2.45) is 0 Å². The molecule has 0 unspecified atom stereocenters. The Bertz CT molecular complexity index is 554. The summed E-state index contributed by atoms with van der Waals surface area (Å²) in [4.78, 5) is 23.6. The molecule has 0 saturated heterocycles. The van der Waals surface area contributed by atoms with Crippen LogP contribution in [0.25, 0.3) is 0 Å². The molecule has 6 heteroatoms. The highest BCUT2D eigenvalue weighted by atomic mass is 16.6. The molecule has 2 N–H and O–H groups in total. The highest BCUT2D eigenvalue weighted by Gasteiger charge is 2.15. The molecule has 0 radical (unpaired) electrons. The number of benzene rings is 1. The lowest BCUT2D eigenvalue weighted by Crippen LogP contribution is -2.35. The second-order valence-corrected chi connectivity index (χ2v) is 4.44. The number of aryl methyl sites for hydroxylation is 1. The van der Waals surface area contributed by atoms with Crippen LogP contribution in [0.4, 0.5) is 5.69 Å². The van der Waals surface area contributed by atoms with Gasteiger partial charge < -0.3 is 20.1 Å². The summed E-state index contributed by atoms with van der Waals surface area (Å²) in [5, 5.41) is 5.26. The number of carbonyl (C=O) groups is 2. The van der Waals surface area contributed by atoms with Gasteiger partial charge in [-0.25, -0.2) is 0 Å². The lowest BCUT2D eigenvalue weighted by atomic mass is 10.1. The zero-order valence-electron chi connectivity index (χ0n) is 11.8. The van der Waals surface area contributed by atoms with E-state index in [1.54, 1.807) is 0 Å². The van der Waals surface area contributed by atoms with E-state index in [9.17, 15) is 9.59 Å². The minimum atomic E-state index is -0.464. The highest BCUT2D eigenvalue weighted by Crippen LogP contribution is 2.15. The van der Waals surface area contributed by atoms with Crippen molar-refractivity contribution in [2.75, 3.05) is 25.1 Å². The predicted octanol–water partition coefficient (Wildman–Crippen LogP) is 1.19. The molecule has 0 atom stereocenters. The SMILES string of the molecule is CCc1ccccc1NC(=O)CNC(=O)C1=COCCO1. The molecule has 21 heavy (non-hydrogen) atoms. The third kappa shape index (κ3) is 4.24. The van der Waals surface area contributed by atoms with Crippen molar-refractivity contribution in [3.8, 4) is 0 Å². The smallest absolute Gasteiger partial charge is 0.290 e. The lowest BCUT2D eigenvalue weighted by molar-refractivity contribution is -0.125. The molecule has 0 fully saturated rings. The molecular weight excluding hydrogens is 272 g/mol. The number of anilines is 1. The van der Waals surface area contributed by atoms with Crippen LogP contribution in [0.15, 0.2) is 36.3 Å². The first kappa shape index (κ1) is 14.9. The van der Waals surface area contributed by atoms with Crippen LogP contribution >= 0.6 is 0 Å². The van der Waals surface area contributed by atoms with Gasteiger partial charge in [-0.2, -0.15) is 0 Å². The van der Waals surface area contributed by atoms with Gasteiger partial charge >= 0.3 is 0 Å². The lowest BCUT2D eigenvalue weighted by Gasteiger charge is -2.15. The molecule has 1 aliphatic heterocycles.